The molecule has 1 aromatic heterocycles. The Bertz CT molecular complexity index is 707. The molecule has 0 fully saturated rings. The number of H-pyrrole nitrogens is 1. The van der Waals surface area contributed by atoms with Crippen molar-refractivity contribution in [2.75, 3.05) is 0 Å². The highest BCUT2D eigenvalue weighted by molar-refractivity contribution is 5.72. The average molecular weight is 268 g/mol. The monoisotopic (exact) mass is 268 g/mol. The van der Waals surface area contributed by atoms with Gasteiger partial charge >= 0.3 is 0 Å². The lowest BCUT2D eigenvalue weighted by Crippen LogP contribution is -2.06. The molecule has 2 rings (SSSR count). The molecule has 1 aromatic carbocycles. The third-order valence-corrected chi connectivity index (χ3v) is 3.04. The van der Waals surface area contributed by atoms with Crippen molar-refractivity contribution < 1.29 is 5.11 Å². The number of aromatic hydroxyl groups is 1. The predicted molar refractivity (Wildman–Crippen MR) is 77.4 cm³/mol. The van der Waals surface area contributed by atoms with Crippen molar-refractivity contribution >= 4 is 0 Å². The van der Waals surface area contributed by atoms with E-state index in [-0.39, 0.29) is 11.4 Å². The SMILES string of the molecule is CC(C)Cc1ccc(-c2cc(=O)[nH]c(O)c2C#N)cc1. The van der Waals surface area contributed by atoms with Crippen molar-refractivity contribution in [3.8, 4) is 23.1 Å². The summed E-state index contributed by atoms with van der Waals surface area (Å²) in [5, 5.41) is 18.7. The fraction of sp³-hybridized carbons (Fsp3) is 0.250. The Morgan fingerprint density at radius 2 is 1.95 bits per heavy atom. The summed E-state index contributed by atoms with van der Waals surface area (Å²) in [6.07, 6.45) is 0.978. The Hall–Kier alpha value is -2.54. The number of nitrogens with zero attached hydrogens (tertiary/aromatic N) is 1. The van der Waals surface area contributed by atoms with E-state index in [1.165, 1.54) is 11.6 Å². The van der Waals surface area contributed by atoms with Gasteiger partial charge in [0.05, 0.1) is 0 Å². The normalized spacial score (nSPS) is 10.5. The molecule has 102 valence electrons. The van der Waals surface area contributed by atoms with Gasteiger partial charge in [-0.15, -0.1) is 0 Å². The van der Waals surface area contributed by atoms with Crippen LogP contribution in [0, 0.1) is 17.2 Å². The second kappa shape index (κ2) is 5.62. The third-order valence-electron chi connectivity index (χ3n) is 3.04. The Morgan fingerprint density at radius 3 is 2.50 bits per heavy atom. The van der Waals surface area contributed by atoms with E-state index >= 15 is 0 Å². The molecule has 20 heavy (non-hydrogen) atoms. The minimum absolute atomic E-state index is 0.0845. The first kappa shape index (κ1) is 13.9. The first-order valence-electron chi connectivity index (χ1n) is 6.47. The molecule has 2 N–H and O–H groups in total. The summed E-state index contributed by atoms with van der Waals surface area (Å²) in [6.45, 7) is 4.30. The lowest BCUT2D eigenvalue weighted by Gasteiger charge is -2.08. The van der Waals surface area contributed by atoms with E-state index < -0.39 is 5.56 Å². The van der Waals surface area contributed by atoms with E-state index in [1.807, 2.05) is 30.3 Å². The highest BCUT2D eigenvalue weighted by atomic mass is 16.3. The maximum atomic E-state index is 11.4. The van der Waals surface area contributed by atoms with Crippen LogP contribution in [0.15, 0.2) is 35.1 Å². The van der Waals surface area contributed by atoms with Gasteiger partial charge in [0.1, 0.15) is 11.6 Å². The molecule has 0 radical (unpaired) electrons. The van der Waals surface area contributed by atoms with E-state index in [1.54, 1.807) is 0 Å². The lowest BCUT2D eigenvalue weighted by molar-refractivity contribution is 0.450. The number of aromatic nitrogens is 1. The van der Waals surface area contributed by atoms with Crippen molar-refractivity contribution in [1.82, 2.24) is 4.98 Å². The topological polar surface area (TPSA) is 76.9 Å². The molecule has 0 bridgehead atoms. The zero-order valence-corrected chi connectivity index (χ0v) is 11.5. The van der Waals surface area contributed by atoms with Crippen LogP contribution in [0.25, 0.3) is 11.1 Å². The molecule has 0 spiro atoms. The van der Waals surface area contributed by atoms with Crippen LogP contribution >= 0.6 is 0 Å². The van der Waals surface area contributed by atoms with E-state index in [2.05, 4.69) is 18.8 Å². The van der Waals surface area contributed by atoms with Crippen molar-refractivity contribution in [3.05, 3.63) is 51.8 Å². The van der Waals surface area contributed by atoms with Crippen molar-refractivity contribution in [3.63, 3.8) is 0 Å². The van der Waals surface area contributed by atoms with Crippen LogP contribution in [0.4, 0.5) is 0 Å². The molecule has 1 heterocycles. The van der Waals surface area contributed by atoms with Crippen LogP contribution in [0.5, 0.6) is 5.88 Å². The van der Waals surface area contributed by atoms with Crippen molar-refractivity contribution in [2.45, 2.75) is 20.3 Å². The molecule has 2 aromatic rings. The standard InChI is InChI=1S/C16H16N2O2/c1-10(2)7-11-3-5-12(6-4-11)13-8-15(19)18-16(20)14(13)9-17/h3-6,8,10H,7H2,1-2H3,(H2,18,19,20). The van der Waals surface area contributed by atoms with Gasteiger partial charge in [-0.3, -0.25) is 9.78 Å². The van der Waals surface area contributed by atoms with E-state index in [0.717, 1.165) is 12.0 Å². The van der Waals surface area contributed by atoms with E-state index in [9.17, 15) is 9.90 Å². The maximum absolute atomic E-state index is 11.4. The number of pyridine rings is 1. The van der Waals surface area contributed by atoms with Gasteiger partial charge in [-0.1, -0.05) is 38.1 Å². The van der Waals surface area contributed by atoms with Crippen LogP contribution < -0.4 is 5.56 Å². The number of nitrogens with one attached hydrogen (secondary N) is 1. The maximum Gasteiger partial charge on any atom is 0.251 e. The first-order chi connectivity index (χ1) is 9.51. The Kier molecular flexibility index (Phi) is 3.90. The second-order valence-corrected chi connectivity index (χ2v) is 5.18. The van der Waals surface area contributed by atoms with Crippen LogP contribution in [0.3, 0.4) is 0 Å². The molecular formula is C16H16N2O2. The summed E-state index contributed by atoms with van der Waals surface area (Å²) >= 11 is 0. The molecule has 0 saturated carbocycles. The van der Waals surface area contributed by atoms with Gasteiger partial charge in [0.15, 0.2) is 0 Å². The molecule has 4 nitrogen and oxygen atoms in total. The zero-order valence-electron chi connectivity index (χ0n) is 11.5. The van der Waals surface area contributed by atoms with Crippen LogP contribution in [0.1, 0.15) is 25.0 Å². The lowest BCUT2D eigenvalue weighted by atomic mass is 9.97. The van der Waals surface area contributed by atoms with Gasteiger partial charge in [-0.05, 0) is 23.5 Å². The number of aromatic amines is 1. The van der Waals surface area contributed by atoms with Gasteiger partial charge in [0, 0.05) is 11.6 Å². The molecular weight excluding hydrogens is 252 g/mol. The number of nitriles is 1. The largest absolute Gasteiger partial charge is 0.494 e. The third kappa shape index (κ3) is 2.89. The first-order valence-corrected chi connectivity index (χ1v) is 6.47. The van der Waals surface area contributed by atoms with Crippen molar-refractivity contribution in [1.29, 1.82) is 5.26 Å². The highest BCUT2D eigenvalue weighted by Crippen LogP contribution is 2.26. The van der Waals surface area contributed by atoms with E-state index in [0.29, 0.717) is 11.5 Å². The molecule has 0 amide bonds. The Labute approximate surface area is 117 Å². The Balaban J connectivity index is 2.47. The van der Waals surface area contributed by atoms with Gasteiger partial charge < -0.3 is 5.11 Å². The molecule has 0 saturated heterocycles. The summed E-state index contributed by atoms with van der Waals surface area (Å²) in [6, 6.07) is 10.9. The average Bonchev–Trinajstić information content (AvgIpc) is 2.38. The van der Waals surface area contributed by atoms with Gasteiger partial charge in [-0.2, -0.15) is 5.26 Å². The van der Waals surface area contributed by atoms with Crippen LogP contribution in [-0.2, 0) is 6.42 Å². The molecule has 0 atom stereocenters. The highest BCUT2D eigenvalue weighted by Gasteiger charge is 2.11. The molecule has 0 aliphatic rings. The second-order valence-electron chi connectivity index (χ2n) is 5.18. The summed E-state index contributed by atoms with van der Waals surface area (Å²) in [4.78, 5) is 13.7. The summed E-state index contributed by atoms with van der Waals surface area (Å²) in [5.41, 5.74) is 2.06. The van der Waals surface area contributed by atoms with Crippen molar-refractivity contribution in [2.24, 2.45) is 5.92 Å². The van der Waals surface area contributed by atoms with Gasteiger partial charge in [0.2, 0.25) is 5.88 Å². The number of rotatable bonds is 3. The minimum Gasteiger partial charge on any atom is -0.494 e. The molecule has 0 aliphatic carbocycles. The molecule has 0 aliphatic heterocycles. The van der Waals surface area contributed by atoms with Crippen LogP contribution in [-0.4, -0.2) is 10.1 Å². The minimum atomic E-state index is -0.428. The summed E-state index contributed by atoms with van der Waals surface area (Å²) < 4.78 is 0. The van der Waals surface area contributed by atoms with Gasteiger partial charge in [0.25, 0.3) is 5.56 Å². The van der Waals surface area contributed by atoms with E-state index in [4.69, 9.17) is 5.26 Å². The summed E-state index contributed by atoms with van der Waals surface area (Å²) in [5.74, 6) is 0.181. The number of hydrogen-bond acceptors (Lipinski definition) is 3. The number of benzene rings is 1. The quantitative estimate of drug-likeness (QED) is 0.898. The zero-order chi connectivity index (χ0) is 14.7. The van der Waals surface area contributed by atoms with Crippen LogP contribution in [0.2, 0.25) is 0 Å². The molecule has 4 heteroatoms. The summed E-state index contributed by atoms with van der Waals surface area (Å²) in [7, 11) is 0. The fourth-order valence-electron chi connectivity index (χ4n) is 2.18. The fourth-order valence-corrected chi connectivity index (χ4v) is 2.18. The Morgan fingerprint density at radius 1 is 1.30 bits per heavy atom. The predicted octanol–water partition coefficient (Wildman–Crippen LogP) is 2.82. The molecule has 0 unspecified atom stereocenters. The van der Waals surface area contributed by atoms with Gasteiger partial charge in [-0.25, -0.2) is 0 Å². The number of hydrogen-bond donors (Lipinski definition) is 2. The smallest absolute Gasteiger partial charge is 0.251 e.